The molecule has 2 rings (SSSR count). The quantitative estimate of drug-likeness (QED) is 0.806. The van der Waals surface area contributed by atoms with Crippen molar-refractivity contribution in [1.82, 2.24) is 0 Å². The van der Waals surface area contributed by atoms with Crippen LogP contribution in [0.1, 0.15) is 12.8 Å². The molecule has 22 heavy (non-hydrogen) atoms. The zero-order chi connectivity index (χ0) is 16.5. The van der Waals surface area contributed by atoms with Crippen molar-refractivity contribution < 1.29 is 35.5 Å². The Morgan fingerprint density at radius 3 is 2.23 bits per heavy atom. The molecule has 0 saturated heterocycles. The van der Waals surface area contributed by atoms with E-state index in [1.165, 1.54) is 6.07 Å². The van der Waals surface area contributed by atoms with Crippen molar-refractivity contribution in [3.63, 3.8) is 0 Å². The second-order valence-electron chi connectivity index (χ2n) is 5.15. The van der Waals surface area contributed by atoms with Gasteiger partial charge in [0.25, 0.3) is 0 Å². The standard InChI is InChI=1S/C13H12F7NO/c14-10-5-9(1-2-11(10)22-13(18,19)20)21-6-7-3-8(4-7)12(15,16)17/h1-2,5,7-8,21H,3-4,6H2/t7-,8-. The van der Waals surface area contributed by atoms with Gasteiger partial charge in [-0.3, -0.25) is 0 Å². The van der Waals surface area contributed by atoms with Crippen LogP contribution in [0.25, 0.3) is 0 Å². The summed E-state index contributed by atoms with van der Waals surface area (Å²) >= 11 is 0. The number of alkyl halides is 6. The Bertz CT molecular complexity index is 520. The minimum absolute atomic E-state index is 0.00570. The highest BCUT2D eigenvalue weighted by atomic mass is 19.4. The predicted molar refractivity (Wildman–Crippen MR) is 63.8 cm³/mol. The van der Waals surface area contributed by atoms with Crippen LogP contribution >= 0.6 is 0 Å². The lowest BCUT2D eigenvalue weighted by molar-refractivity contribution is -0.275. The minimum Gasteiger partial charge on any atom is -0.403 e. The molecule has 124 valence electrons. The van der Waals surface area contributed by atoms with Crippen LogP contribution in [0.2, 0.25) is 0 Å². The Morgan fingerprint density at radius 2 is 1.73 bits per heavy atom. The lowest BCUT2D eigenvalue weighted by Crippen LogP contribution is -2.38. The van der Waals surface area contributed by atoms with Crippen molar-refractivity contribution in [2.45, 2.75) is 25.4 Å². The molecule has 0 unspecified atom stereocenters. The first kappa shape index (κ1) is 16.7. The molecule has 0 atom stereocenters. The summed E-state index contributed by atoms with van der Waals surface area (Å²) in [4.78, 5) is 0. The number of benzene rings is 1. The van der Waals surface area contributed by atoms with E-state index in [-0.39, 0.29) is 31.0 Å². The second kappa shape index (κ2) is 5.85. The van der Waals surface area contributed by atoms with Crippen molar-refractivity contribution in [2.75, 3.05) is 11.9 Å². The maximum Gasteiger partial charge on any atom is 0.573 e. The molecule has 0 radical (unpaired) electrons. The second-order valence-corrected chi connectivity index (χ2v) is 5.15. The van der Waals surface area contributed by atoms with E-state index in [2.05, 4.69) is 10.1 Å². The summed E-state index contributed by atoms with van der Waals surface area (Å²) in [5, 5.41) is 2.71. The third-order valence-electron chi connectivity index (χ3n) is 3.45. The van der Waals surface area contributed by atoms with Gasteiger partial charge in [0.15, 0.2) is 11.6 Å². The summed E-state index contributed by atoms with van der Waals surface area (Å²) in [6, 6.07) is 2.79. The summed E-state index contributed by atoms with van der Waals surface area (Å²) < 4.78 is 89.7. The summed E-state index contributed by atoms with van der Waals surface area (Å²) in [6.45, 7) is 0.200. The first-order valence-electron chi connectivity index (χ1n) is 6.40. The lowest BCUT2D eigenvalue weighted by atomic mass is 9.74. The van der Waals surface area contributed by atoms with E-state index in [4.69, 9.17) is 0 Å². The zero-order valence-corrected chi connectivity index (χ0v) is 11.1. The fraction of sp³-hybridized carbons (Fsp3) is 0.538. The van der Waals surface area contributed by atoms with Gasteiger partial charge in [0, 0.05) is 18.3 Å². The summed E-state index contributed by atoms with van der Waals surface area (Å²) in [5.41, 5.74) is 0.183. The van der Waals surface area contributed by atoms with Crippen LogP contribution in [0.4, 0.5) is 36.4 Å². The third kappa shape index (κ3) is 4.41. The van der Waals surface area contributed by atoms with Crippen LogP contribution < -0.4 is 10.1 Å². The average Bonchev–Trinajstić information content (AvgIpc) is 2.27. The monoisotopic (exact) mass is 331 g/mol. The Balaban J connectivity index is 1.84. The Hall–Kier alpha value is -1.67. The van der Waals surface area contributed by atoms with Gasteiger partial charge in [-0.2, -0.15) is 13.2 Å². The molecule has 0 heterocycles. The number of anilines is 1. The van der Waals surface area contributed by atoms with Crippen LogP contribution in [0.15, 0.2) is 18.2 Å². The molecule has 1 saturated carbocycles. The smallest absolute Gasteiger partial charge is 0.403 e. The van der Waals surface area contributed by atoms with E-state index < -0.39 is 30.0 Å². The highest BCUT2D eigenvalue weighted by molar-refractivity contribution is 5.47. The first-order chi connectivity index (χ1) is 10.0. The average molecular weight is 331 g/mol. The fourth-order valence-electron chi connectivity index (χ4n) is 2.25. The van der Waals surface area contributed by atoms with Crippen molar-refractivity contribution >= 4 is 5.69 Å². The molecule has 2 nitrogen and oxygen atoms in total. The lowest BCUT2D eigenvalue weighted by Gasteiger charge is -2.36. The molecule has 0 aromatic heterocycles. The van der Waals surface area contributed by atoms with E-state index >= 15 is 0 Å². The predicted octanol–water partition coefficient (Wildman–Crippen LogP) is 4.72. The van der Waals surface area contributed by atoms with Crippen molar-refractivity contribution in [2.24, 2.45) is 11.8 Å². The van der Waals surface area contributed by atoms with E-state index in [0.29, 0.717) is 0 Å². The van der Waals surface area contributed by atoms with Gasteiger partial charge in [-0.15, -0.1) is 13.2 Å². The van der Waals surface area contributed by atoms with Crippen LogP contribution in [0.5, 0.6) is 5.75 Å². The van der Waals surface area contributed by atoms with Gasteiger partial charge in [-0.25, -0.2) is 4.39 Å². The highest BCUT2D eigenvalue weighted by Crippen LogP contribution is 2.44. The molecule has 1 aromatic carbocycles. The van der Waals surface area contributed by atoms with Gasteiger partial charge in [0.1, 0.15) is 0 Å². The number of nitrogens with one attached hydrogen (secondary N) is 1. The number of halogens is 7. The van der Waals surface area contributed by atoms with Crippen LogP contribution in [0.3, 0.4) is 0 Å². The van der Waals surface area contributed by atoms with Gasteiger partial charge in [-0.1, -0.05) is 0 Å². The van der Waals surface area contributed by atoms with Crippen molar-refractivity contribution in [3.8, 4) is 5.75 Å². The Morgan fingerprint density at radius 1 is 1.09 bits per heavy atom. The van der Waals surface area contributed by atoms with E-state index in [0.717, 1.165) is 12.1 Å². The highest BCUT2D eigenvalue weighted by Gasteiger charge is 2.47. The van der Waals surface area contributed by atoms with Gasteiger partial charge >= 0.3 is 12.5 Å². The molecule has 1 fully saturated rings. The fourth-order valence-corrected chi connectivity index (χ4v) is 2.25. The number of hydrogen-bond donors (Lipinski definition) is 1. The van der Waals surface area contributed by atoms with Gasteiger partial charge < -0.3 is 10.1 Å². The van der Waals surface area contributed by atoms with Gasteiger partial charge in [-0.05, 0) is 30.9 Å². The van der Waals surface area contributed by atoms with Gasteiger partial charge in [0.2, 0.25) is 0 Å². The molecule has 1 aromatic rings. The van der Waals surface area contributed by atoms with Crippen molar-refractivity contribution in [3.05, 3.63) is 24.0 Å². The third-order valence-corrected chi connectivity index (χ3v) is 3.45. The maximum atomic E-state index is 13.4. The van der Waals surface area contributed by atoms with Gasteiger partial charge in [0.05, 0.1) is 5.92 Å². The Labute approximate surface area is 121 Å². The molecular weight excluding hydrogens is 319 g/mol. The molecule has 1 aliphatic carbocycles. The normalized spacial score (nSPS) is 22.1. The topological polar surface area (TPSA) is 21.3 Å². The van der Waals surface area contributed by atoms with E-state index in [1.54, 1.807) is 0 Å². The molecular formula is C13H12F7NO. The van der Waals surface area contributed by atoms with E-state index in [9.17, 15) is 30.7 Å². The SMILES string of the molecule is Fc1cc(NC[C@H]2C[C@H](C(F)(F)F)C2)ccc1OC(F)(F)F. The number of ether oxygens (including phenoxy) is 1. The largest absolute Gasteiger partial charge is 0.573 e. The summed E-state index contributed by atoms with van der Waals surface area (Å²) in [5.74, 6) is -3.66. The first-order valence-corrected chi connectivity index (χ1v) is 6.40. The van der Waals surface area contributed by atoms with E-state index in [1.807, 2.05) is 0 Å². The molecule has 1 aliphatic rings. The van der Waals surface area contributed by atoms with Crippen molar-refractivity contribution in [1.29, 1.82) is 0 Å². The number of hydrogen-bond acceptors (Lipinski definition) is 2. The van der Waals surface area contributed by atoms with Crippen LogP contribution in [0, 0.1) is 17.7 Å². The summed E-state index contributed by atoms with van der Waals surface area (Å²) in [6.07, 6.45) is -9.20. The summed E-state index contributed by atoms with van der Waals surface area (Å²) in [7, 11) is 0. The molecule has 0 amide bonds. The molecule has 0 aliphatic heterocycles. The number of rotatable bonds is 4. The van der Waals surface area contributed by atoms with Crippen LogP contribution in [-0.4, -0.2) is 19.1 Å². The molecule has 1 N–H and O–H groups in total. The molecule has 9 heteroatoms. The minimum atomic E-state index is -4.99. The maximum absolute atomic E-state index is 13.4. The molecule has 0 spiro atoms. The van der Waals surface area contributed by atoms with Crippen LogP contribution in [-0.2, 0) is 0 Å². The molecule has 0 bridgehead atoms. The Kier molecular flexibility index (Phi) is 4.44. The zero-order valence-electron chi connectivity index (χ0n) is 11.1.